The molecule has 0 bridgehead atoms. The third kappa shape index (κ3) is 6.53. The number of aromatic nitrogens is 1. The zero-order valence-electron chi connectivity index (χ0n) is 16.8. The highest BCUT2D eigenvalue weighted by Crippen LogP contribution is 2.14. The molecule has 150 valence electrons. The molecule has 3 aromatic rings. The monoisotopic (exact) mass is 390 g/mol. The number of guanidine groups is 1. The van der Waals surface area contributed by atoms with Crippen molar-refractivity contribution in [1.82, 2.24) is 4.98 Å². The lowest BCUT2D eigenvalue weighted by Gasteiger charge is -2.09. The van der Waals surface area contributed by atoms with Crippen molar-refractivity contribution in [3.8, 4) is 11.6 Å². The fraction of sp³-hybridized carbons (Fsp3) is 0.217. The van der Waals surface area contributed by atoms with Gasteiger partial charge in [-0.2, -0.15) is 0 Å². The van der Waals surface area contributed by atoms with Crippen molar-refractivity contribution < 1.29 is 9.47 Å². The number of benzene rings is 2. The van der Waals surface area contributed by atoms with Gasteiger partial charge in [0, 0.05) is 18.0 Å². The SMILES string of the molecule is Cc1ccc(NC(N)=NCc2ccc(OCCOc3ccccc3)nc2)cc1C. The molecular weight excluding hydrogens is 364 g/mol. The second-order valence-corrected chi connectivity index (χ2v) is 6.64. The van der Waals surface area contributed by atoms with Crippen LogP contribution in [0.3, 0.4) is 0 Å². The molecule has 0 saturated carbocycles. The fourth-order valence-corrected chi connectivity index (χ4v) is 2.60. The number of anilines is 1. The molecule has 0 radical (unpaired) electrons. The summed E-state index contributed by atoms with van der Waals surface area (Å²) >= 11 is 0. The number of hydrogen-bond donors (Lipinski definition) is 2. The number of pyridine rings is 1. The molecule has 0 atom stereocenters. The van der Waals surface area contributed by atoms with Crippen LogP contribution in [0.25, 0.3) is 0 Å². The quantitative estimate of drug-likeness (QED) is 0.344. The number of nitrogens with two attached hydrogens (primary N) is 1. The van der Waals surface area contributed by atoms with E-state index in [0.717, 1.165) is 17.0 Å². The molecule has 3 rings (SSSR count). The molecule has 0 saturated heterocycles. The van der Waals surface area contributed by atoms with E-state index in [0.29, 0.717) is 31.6 Å². The molecule has 0 aliphatic heterocycles. The van der Waals surface area contributed by atoms with E-state index in [2.05, 4.69) is 35.2 Å². The Kier molecular flexibility index (Phi) is 7.05. The molecule has 29 heavy (non-hydrogen) atoms. The third-order valence-electron chi connectivity index (χ3n) is 4.35. The van der Waals surface area contributed by atoms with Crippen molar-refractivity contribution in [3.63, 3.8) is 0 Å². The number of ether oxygens (including phenoxy) is 2. The highest BCUT2D eigenvalue weighted by Gasteiger charge is 2.00. The van der Waals surface area contributed by atoms with E-state index in [1.807, 2.05) is 54.6 Å². The molecule has 0 aliphatic rings. The van der Waals surface area contributed by atoms with Gasteiger partial charge in [0.2, 0.25) is 5.88 Å². The summed E-state index contributed by atoms with van der Waals surface area (Å²) in [6.07, 6.45) is 1.74. The smallest absolute Gasteiger partial charge is 0.213 e. The summed E-state index contributed by atoms with van der Waals surface area (Å²) in [4.78, 5) is 8.66. The summed E-state index contributed by atoms with van der Waals surface area (Å²) in [5.41, 5.74) is 10.3. The lowest BCUT2D eigenvalue weighted by atomic mass is 10.1. The summed E-state index contributed by atoms with van der Waals surface area (Å²) in [6, 6.07) is 19.5. The maximum atomic E-state index is 5.98. The van der Waals surface area contributed by atoms with Gasteiger partial charge < -0.3 is 20.5 Å². The average Bonchev–Trinajstić information content (AvgIpc) is 2.74. The fourth-order valence-electron chi connectivity index (χ4n) is 2.60. The van der Waals surface area contributed by atoms with E-state index in [1.165, 1.54) is 11.1 Å². The average molecular weight is 390 g/mol. The van der Waals surface area contributed by atoms with Crippen molar-refractivity contribution in [2.45, 2.75) is 20.4 Å². The maximum Gasteiger partial charge on any atom is 0.213 e. The van der Waals surface area contributed by atoms with E-state index in [9.17, 15) is 0 Å². The standard InChI is InChI=1S/C23H26N4O2/c1-17-8-10-20(14-18(17)2)27-23(24)26-16-19-9-11-22(25-15-19)29-13-12-28-21-6-4-3-5-7-21/h3-11,14-15H,12-13,16H2,1-2H3,(H3,24,26,27). The van der Waals surface area contributed by atoms with E-state index in [1.54, 1.807) is 6.20 Å². The topological polar surface area (TPSA) is 81.8 Å². The number of para-hydroxylation sites is 1. The molecule has 2 aromatic carbocycles. The number of hydrogen-bond acceptors (Lipinski definition) is 4. The zero-order valence-corrected chi connectivity index (χ0v) is 16.8. The minimum atomic E-state index is 0.367. The Morgan fingerprint density at radius 1 is 0.966 bits per heavy atom. The van der Waals surface area contributed by atoms with Crippen LogP contribution >= 0.6 is 0 Å². The summed E-state index contributed by atoms with van der Waals surface area (Å²) < 4.78 is 11.2. The van der Waals surface area contributed by atoms with Gasteiger partial charge in [0.05, 0.1) is 6.54 Å². The van der Waals surface area contributed by atoms with Gasteiger partial charge in [-0.25, -0.2) is 9.98 Å². The molecule has 6 nitrogen and oxygen atoms in total. The van der Waals surface area contributed by atoms with Crippen LogP contribution in [0, 0.1) is 13.8 Å². The largest absolute Gasteiger partial charge is 0.490 e. The lowest BCUT2D eigenvalue weighted by molar-refractivity contribution is 0.212. The first-order chi connectivity index (χ1) is 14.1. The second-order valence-electron chi connectivity index (χ2n) is 6.64. The van der Waals surface area contributed by atoms with Gasteiger partial charge in [-0.1, -0.05) is 30.3 Å². The van der Waals surface area contributed by atoms with Crippen molar-refractivity contribution in [1.29, 1.82) is 0 Å². The highest BCUT2D eigenvalue weighted by molar-refractivity contribution is 5.92. The Morgan fingerprint density at radius 2 is 1.76 bits per heavy atom. The molecule has 1 heterocycles. The van der Waals surface area contributed by atoms with E-state index < -0.39 is 0 Å². The number of rotatable bonds is 8. The molecular formula is C23H26N4O2. The van der Waals surface area contributed by atoms with Crippen LogP contribution in [0.1, 0.15) is 16.7 Å². The van der Waals surface area contributed by atoms with Crippen molar-refractivity contribution >= 4 is 11.6 Å². The molecule has 0 fully saturated rings. The van der Waals surface area contributed by atoms with Gasteiger partial charge >= 0.3 is 0 Å². The number of nitrogens with one attached hydrogen (secondary N) is 1. The van der Waals surface area contributed by atoms with Gasteiger partial charge in [0.15, 0.2) is 5.96 Å². The summed E-state index contributed by atoms with van der Waals surface area (Å²) in [5, 5.41) is 3.11. The number of nitrogens with zero attached hydrogens (tertiary/aromatic N) is 2. The van der Waals surface area contributed by atoms with Crippen LogP contribution in [0.2, 0.25) is 0 Å². The summed E-state index contributed by atoms with van der Waals surface area (Å²) in [5.74, 6) is 1.74. The predicted molar refractivity (Wildman–Crippen MR) is 117 cm³/mol. The van der Waals surface area contributed by atoms with E-state index in [-0.39, 0.29) is 0 Å². The summed E-state index contributed by atoms with van der Waals surface area (Å²) in [7, 11) is 0. The first-order valence-corrected chi connectivity index (χ1v) is 9.50. The molecule has 0 amide bonds. The molecule has 0 spiro atoms. The number of aliphatic imine (C=N–C) groups is 1. The zero-order chi connectivity index (χ0) is 20.5. The van der Waals surface area contributed by atoms with Crippen LogP contribution in [0.4, 0.5) is 5.69 Å². The van der Waals surface area contributed by atoms with Crippen LogP contribution in [0.15, 0.2) is 71.9 Å². The molecule has 1 aromatic heterocycles. The molecule has 0 unspecified atom stereocenters. The second kappa shape index (κ2) is 10.1. The van der Waals surface area contributed by atoms with Gasteiger partial charge in [0.25, 0.3) is 0 Å². The predicted octanol–water partition coefficient (Wildman–Crippen LogP) is 4.08. The Labute approximate surface area is 171 Å². The third-order valence-corrected chi connectivity index (χ3v) is 4.35. The van der Waals surface area contributed by atoms with Gasteiger partial charge in [-0.05, 0) is 54.8 Å². The van der Waals surface area contributed by atoms with Crippen LogP contribution in [0.5, 0.6) is 11.6 Å². The van der Waals surface area contributed by atoms with Crippen LogP contribution in [-0.2, 0) is 6.54 Å². The van der Waals surface area contributed by atoms with Gasteiger partial charge in [0.1, 0.15) is 19.0 Å². The van der Waals surface area contributed by atoms with Crippen molar-refractivity contribution in [2.24, 2.45) is 10.7 Å². The minimum Gasteiger partial charge on any atom is -0.490 e. The van der Waals surface area contributed by atoms with Crippen LogP contribution in [-0.4, -0.2) is 24.2 Å². The van der Waals surface area contributed by atoms with E-state index >= 15 is 0 Å². The molecule has 3 N–H and O–H groups in total. The van der Waals surface area contributed by atoms with Crippen LogP contribution < -0.4 is 20.5 Å². The summed E-state index contributed by atoms with van der Waals surface area (Å²) in [6.45, 7) is 5.46. The van der Waals surface area contributed by atoms with Gasteiger partial charge in [-0.15, -0.1) is 0 Å². The Bertz CT molecular complexity index is 941. The number of aryl methyl sites for hydroxylation is 2. The maximum absolute atomic E-state index is 5.98. The first kappa shape index (κ1) is 20.2. The highest BCUT2D eigenvalue weighted by atomic mass is 16.5. The first-order valence-electron chi connectivity index (χ1n) is 9.50. The molecule has 0 aliphatic carbocycles. The Balaban J connectivity index is 1.43. The van der Waals surface area contributed by atoms with E-state index in [4.69, 9.17) is 15.2 Å². The van der Waals surface area contributed by atoms with Gasteiger partial charge in [-0.3, -0.25) is 0 Å². The van der Waals surface area contributed by atoms with Crippen molar-refractivity contribution in [2.75, 3.05) is 18.5 Å². The Hall–Kier alpha value is -3.54. The molecule has 6 heteroatoms. The van der Waals surface area contributed by atoms with Crippen molar-refractivity contribution in [3.05, 3.63) is 83.6 Å². The normalized spacial score (nSPS) is 11.2. The lowest BCUT2D eigenvalue weighted by Crippen LogP contribution is -2.22. The minimum absolute atomic E-state index is 0.367. The Morgan fingerprint density at radius 3 is 2.48 bits per heavy atom.